The normalized spacial score (nSPS) is 18.0. The van der Waals surface area contributed by atoms with Gasteiger partial charge in [0, 0.05) is 22.2 Å². The summed E-state index contributed by atoms with van der Waals surface area (Å²) >= 11 is 6.19. The van der Waals surface area contributed by atoms with Crippen molar-refractivity contribution in [3.05, 3.63) is 106 Å². The van der Waals surface area contributed by atoms with E-state index in [1.807, 2.05) is 61.5 Å². The first-order valence-corrected chi connectivity index (χ1v) is 10.4. The molecule has 3 aromatic rings. The molecular weight excluding hydrogens is 412 g/mol. The SMILES string of the molecule is CC1Oc2ccccc2C=C1C=C1Oc2cc(OCc3ccccc3Cl)ccc2C1=O. The summed E-state index contributed by atoms with van der Waals surface area (Å²) in [4.78, 5) is 12.8. The van der Waals surface area contributed by atoms with Crippen molar-refractivity contribution in [2.24, 2.45) is 0 Å². The monoisotopic (exact) mass is 430 g/mol. The maximum absolute atomic E-state index is 12.8. The summed E-state index contributed by atoms with van der Waals surface area (Å²) in [7, 11) is 0. The van der Waals surface area contributed by atoms with Crippen molar-refractivity contribution in [2.45, 2.75) is 19.6 Å². The fourth-order valence-corrected chi connectivity index (χ4v) is 3.80. The zero-order chi connectivity index (χ0) is 21.4. The summed E-state index contributed by atoms with van der Waals surface area (Å²) < 4.78 is 17.7. The molecule has 1 atom stereocenters. The average molecular weight is 431 g/mol. The Morgan fingerprint density at radius 2 is 1.84 bits per heavy atom. The molecule has 2 aliphatic heterocycles. The maximum atomic E-state index is 12.8. The Morgan fingerprint density at radius 1 is 1.03 bits per heavy atom. The molecule has 31 heavy (non-hydrogen) atoms. The molecule has 0 aliphatic carbocycles. The van der Waals surface area contributed by atoms with Crippen LogP contribution in [0.2, 0.25) is 5.02 Å². The van der Waals surface area contributed by atoms with Gasteiger partial charge >= 0.3 is 0 Å². The maximum Gasteiger partial charge on any atom is 0.231 e. The first-order chi connectivity index (χ1) is 15.1. The Hall–Kier alpha value is -3.50. The van der Waals surface area contributed by atoms with E-state index >= 15 is 0 Å². The minimum absolute atomic E-state index is 0.153. The zero-order valence-electron chi connectivity index (χ0n) is 16.8. The lowest BCUT2D eigenvalue weighted by atomic mass is 10.0. The van der Waals surface area contributed by atoms with Gasteiger partial charge in [-0.15, -0.1) is 0 Å². The van der Waals surface area contributed by atoms with Crippen molar-refractivity contribution in [1.82, 2.24) is 0 Å². The van der Waals surface area contributed by atoms with Gasteiger partial charge in [0.1, 0.15) is 30.0 Å². The quantitative estimate of drug-likeness (QED) is 0.459. The number of carbonyl (C=O) groups is 1. The molecule has 0 fully saturated rings. The summed E-state index contributed by atoms with van der Waals surface area (Å²) in [5.74, 6) is 2.05. The van der Waals surface area contributed by atoms with Gasteiger partial charge in [0.2, 0.25) is 5.78 Å². The number of ether oxygens (including phenoxy) is 3. The fourth-order valence-electron chi connectivity index (χ4n) is 3.61. The number of benzene rings is 3. The van der Waals surface area contributed by atoms with Gasteiger partial charge < -0.3 is 14.2 Å². The van der Waals surface area contributed by atoms with Crippen molar-refractivity contribution in [2.75, 3.05) is 0 Å². The summed E-state index contributed by atoms with van der Waals surface area (Å²) in [6.45, 7) is 2.28. The highest BCUT2D eigenvalue weighted by Crippen LogP contribution is 2.36. The summed E-state index contributed by atoms with van der Waals surface area (Å²) in [5.41, 5.74) is 3.26. The molecule has 0 spiro atoms. The molecule has 3 aromatic carbocycles. The lowest BCUT2D eigenvalue weighted by Crippen LogP contribution is -2.18. The number of Topliss-reactive ketones (excluding diaryl/α,β-unsaturated/α-hetero) is 1. The number of para-hydroxylation sites is 1. The number of halogens is 1. The highest BCUT2D eigenvalue weighted by Gasteiger charge is 2.29. The van der Waals surface area contributed by atoms with Crippen LogP contribution < -0.4 is 14.2 Å². The summed E-state index contributed by atoms with van der Waals surface area (Å²) in [6, 6.07) is 20.6. The number of hydrogen-bond donors (Lipinski definition) is 0. The molecule has 0 saturated carbocycles. The highest BCUT2D eigenvalue weighted by atomic mass is 35.5. The second-order valence-electron chi connectivity index (χ2n) is 7.42. The zero-order valence-corrected chi connectivity index (χ0v) is 17.6. The van der Waals surface area contributed by atoms with Crippen LogP contribution in [-0.2, 0) is 6.61 Å². The Morgan fingerprint density at radius 3 is 2.71 bits per heavy atom. The molecule has 0 radical (unpaired) electrons. The van der Waals surface area contributed by atoms with Crippen LogP contribution >= 0.6 is 11.6 Å². The molecular formula is C26H19ClO4. The molecule has 2 aliphatic rings. The third-order valence-corrected chi connectivity index (χ3v) is 5.67. The molecule has 5 heteroatoms. The van der Waals surface area contributed by atoms with Gasteiger partial charge in [-0.25, -0.2) is 0 Å². The van der Waals surface area contributed by atoms with Gasteiger partial charge in [0.25, 0.3) is 0 Å². The van der Waals surface area contributed by atoms with Crippen LogP contribution in [0.1, 0.15) is 28.4 Å². The van der Waals surface area contributed by atoms with E-state index in [1.165, 1.54) is 0 Å². The molecule has 0 saturated heterocycles. The fraction of sp³-hybridized carbons (Fsp3) is 0.115. The van der Waals surface area contributed by atoms with Crippen LogP contribution in [0.5, 0.6) is 17.2 Å². The predicted molar refractivity (Wildman–Crippen MR) is 120 cm³/mol. The van der Waals surface area contributed by atoms with E-state index < -0.39 is 0 Å². The number of hydrogen-bond acceptors (Lipinski definition) is 4. The predicted octanol–water partition coefficient (Wildman–Crippen LogP) is 6.24. The Balaban J connectivity index is 1.36. The van der Waals surface area contributed by atoms with Gasteiger partial charge in [-0.05, 0) is 48.9 Å². The number of fused-ring (bicyclic) bond motifs is 2. The van der Waals surface area contributed by atoms with Crippen LogP contribution in [0.3, 0.4) is 0 Å². The lowest BCUT2D eigenvalue weighted by Gasteiger charge is -2.22. The van der Waals surface area contributed by atoms with E-state index in [-0.39, 0.29) is 17.6 Å². The number of ketones is 1. The molecule has 2 heterocycles. The molecule has 0 N–H and O–H groups in total. The summed E-state index contributed by atoms with van der Waals surface area (Å²) in [5, 5.41) is 0.652. The van der Waals surface area contributed by atoms with E-state index in [0.29, 0.717) is 28.7 Å². The lowest BCUT2D eigenvalue weighted by molar-refractivity contribution is 0.101. The van der Waals surface area contributed by atoms with Crippen LogP contribution in [0.4, 0.5) is 0 Å². The Labute approximate surface area is 185 Å². The van der Waals surface area contributed by atoms with Crippen molar-refractivity contribution in [3.8, 4) is 17.2 Å². The first-order valence-electron chi connectivity index (χ1n) is 10.0. The molecule has 5 rings (SSSR count). The Kier molecular flexibility index (Phi) is 5.00. The van der Waals surface area contributed by atoms with E-state index in [0.717, 1.165) is 22.4 Å². The van der Waals surface area contributed by atoms with Crippen molar-refractivity contribution < 1.29 is 19.0 Å². The van der Waals surface area contributed by atoms with Crippen LogP contribution in [-0.4, -0.2) is 11.9 Å². The van der Waals surface area contributed by atoms with Crippen molar-refractivity contribution >= 4 is 23.5 Å². The molecule has 0 bridgehead atoms. The smallest absolute Gasteiger partial charge is 0.231 e. The first kappa shape index (κ1) is 19.5. The van der Waals surface area contributed by atoms with Crippen LogP contribution in [0.25, 0.3) is 6.08 Å². The van der Waals surface area contributed by atoms with E-state index in [1.54, 1.807) is 24.3 Å². The minimum Gasteiger partial charge on any atom is -0.489 e. The topological polar surface area (TPSA) is 44.8 Å². The summed E-state index contributed by atoms with van der Waals surface area (Å²) in [6.07, 6.45) is 3.60. The number of carbonyl (C=O) groups excluding carboxylic acids is 1. The second-order valence-corrected chi connectivity index (χ2v) is 7.83. The number of allylic oxidation sites excluding steroid dienone is 1. The third-order valence-electron chi connectivity index (χ3n) is 5.31. The minimum atomic E-state index is -0.183. The molecule has 154 valence electrons. The molecule has 4 nitrogen and oxygen atoms in total. The van der Waals surface area contributed by atoms with Gasteiger partial charge in [-0.1, -0.05) is 48.0 Å². The van der Waals surface area contributed by atoms with E-state index in [4.69, 9.17) is 25.8 Å². The third kappa shape index (κ3) is 3.82. The van der Waals surface area contributed by atoms with Gasteiger partial charge in [-0.2, -0.15) is 0 Å². The average Bonchev–Trinajstić information content (AvgIpc) is 3.08. The standard InChI is InChI=1S/C26H19ClO4/c1-16-19(12-17-6-3-5-9-23(17)30-16)13-25-26(28)21-11-10-20(14-24(21)31-25)29-15-18-7-2-4-8-22(18)27/h2-14,16H,15H2,1H3. The second kappa shape index (κ2) is 7.97. The van der Waals surface area contributed by atoms with Crippen molar-refractivity contribution in [1.29, 1.82) is 0 Å². The van der Waals surface area contributed by atoms with Gasteiger partial charge in [0.15, 0.2) is 5.76 Å². The molecule has 0 aromatic heterocycles. The molecule has 1 unspecified atom stereocenters. The van der Waals surface area contributed by atoms with Gasteiger partial charge in [0.05, 0.1) is 5.56 Å². The van der Waals surface area contributed by atoms with Crippen LogP contribution in [0, 0.1) is 0 Å². The van der Waals surface area contributed by atoms with Gasteiger partial charge in [-0.3, -0.25) is 4.79 Å². The highest BCUT2D eigenvalue weighted by molar-refractivity contribution is 6.31. The van der Waals surface area contributed by atoms with Crippen molar-refractivity contribution in [3.63, 3.8) is 0 Å². The molecule has 0 amide bonds. The van der Waals surface area contributed by atoms with E-state index in [9.17, 15) is 4.79 Å². The van der Waals surface area contributed by atoms with Crippen LogP contribution in [0.15, 0.2) is 84.1 Å². The largest absolute Gasteiger partial charge is 0.489 e. The van der Waals surface area contributed by atoms with E-state index in [2.05, 4.69) is 0 Å². The number of rotatable bonds is 4. The Bertz CT molecular complexity index is 1240.